The van der Waals surface area contributed by atoms with Crippen LogP contribution in [0.15, 0.2) is 0 Å². The minimum atomic E-state index is 0.0411. The number of hydrogen-bond acceptors (Lipinski definition) is 1. The van der Waals surface area contributed by atoms with E-state index in [0.29, 0.717) is 5.92 Å². The Morgan fingerprint density at radius 1 is 0.714 bits per heavy atom. The molecule has 2 saturated carbocycles. The van der Waals surface area contributed by atoms with E-state index in [1.165, 1.54) is 57.8 Å². The molecule has 1 N–H and O–H groups in total. The molecule has 1 heteroatoms. The zero-order valence-corrected chi connectivity index (χ0v) is 9.25. The van der Waals surface area contributed by atoms with Crippen LogP contribution in [0.25, 0.3) is 0 Å². The van der Waals surface area contributed by atoms with Crippen molar-refractivity contribution in [2.75, 3.05) is 0 Å². The van der Waals surface area contributed by atoms with Gasteiger partial charge in [0.1, 0.15) is 0 Å². The zero-order valence-electron chi connectivity index (χ0n) is 9.25. The number of rotatable bonds is 0. The van der Waals surface area contributed by atoms with Crippen molar-refractivity contribution in [3.05, 3.63) is 0 Å². The molecule has 82 valence electrons. The smallest absolute Gasteiger partial charge is 0.0571 e. The first-order valence-electron chi connectivity index (χ1n) is 6.56. The van der Waals surface area contributed by atoms with Gasteiger partial charge in [0.15, 0.2) is 0 Å². The van der Waals surface area contributed by atoms with Crippen molar-refractivity contribution < 1.29 is 5.11 Å². The van der Waals surface area contributed by atoms with Gasteiger partial charge in [0.25, 0.3) is 0 Å². The summed E-state index contributed by atoms with van der Waals surface area (Å²) in [6.45, 7) is 0. The molecule has 0 amide bonds. The Labute approximate surface area is 87.9 Å². The van der Waals surface area contributed by atoms with Crippen LogP contribution >= 0.6 is 0 Å². The average molecular weight is 196 g/mol. The molecule has 0 unspecified atom stereocenters. The second-order valence-corrected chi connectivity index (χ2v) is 5.28. The third-order valence-electron chi connectivity index (χ3n) is 4.05. The summed E-state index contributed by atoms with van der Waals surface area (Å²) in [5.74, 6) is 1.58. The van der Waals surface area contributed by atoms with E-state index in [1.807, 2.05) is 0 Å². The Kier molecular flexibility index (Phi) is 3.86. The van der Waals surface area contributed by atoms with E-state index in [0.717, 1.165) is 12.3 Å². The van der Waals surface area contributed by atoms with Gasteiger partial charge in [-0.3, -0.25) is 0 Å². The van der Waals surface area contributed by atoms with Crippen LogP contribution in [-0.4, -0.2) is 11.2 Å². The van der Waals surface area contributed by atoms with Gasteiger partial charge in [-0.25, -0.2) is 0 Å². The van der Waals surface area contributed by atoms with Crippen molar-refractivity contribution in [2.24, 2.45) is 11.8 Å². The van der Waals surface area contributed by atoms with Gasteiger partial charge in [0.2, 0.25) is 0 Å². The van der Waals surface area contributed by atoms with E-state index in [4.69, 9.17) is 0 Å². The Morgan fingerprint density at radius 3 is 2.00 bits per heavy atom. The van der Waals surface area contributed by atoms with Gasteiger partial charge in [0, 0.05) is 0 Å². The third kappa shape index (κ3) is 2.98. The first kappa shape index (κ1) is 10.5. The summed E-state index contributed by atoms with van der Waals surface area (Å²) in [5.41, 5.74) is 0. The van der Waals surface area contributed by atoms with Gasteiger partial charge >= 0.3 is 0 Å². The largest absolute Gasteiger partial charge is 0.393 e. The molecule has 0 saturated heterocycles. The molecule has 3 atom stereocenters. The molecule has 0 radical (unpaired) electrons. The summed E-state index contributed by atoms with van der Waals surface area (Å²) in [7, 11) is 0. The van der Waals surface area contributed by atoms with E-state index >= 15 is 0 Å². The minimum absolute atomic E-state index is 0.0411. The van der Waals surface area contributed by atoms with Gasteiger partial charge in [-0.15, -0.1) is 0 Å². The highest BCUT2D eigenvalue weighted by Gasteiger charge is 2.40. The molecule has 0 aromatic heterocycles. The standard InChI is InChI=1S/C13H24O/c14-13-9-7-5-3-1-2-4-6-8-11-10-12(11)13/h11-14H,1-10H2/t11-,12+,13-/m1/s1. The summed E-state index contributed by atoms with van der Waals surface area (Å²) in [4.78, 5) is 0. The van der Waals surface area contributed by atoms with Crippen molar-refractivity contribution in [1.82, 2.24) is 0 Å². The molecule has 1 nitrogen and oxygen atoms in total. The minimum Gasteiger partial charge on any atom is -0.393 e. The van der Waals surface area contributed by atoms with Gasteiger partial charge in [-0.1, -0.05) is 51.4 Å². The number of hydrogen-bond donors (Lipinski definition) is 1. The highest BCUT2D eigenvalue weighted by molar-refractivity contribution is 4.91. The highest BCUT2D eigenvalue weighted by atomic mass is 16.3. The molecule has 0 aromatic carbocycles. The lowest BCUT2D eigenvalue weighted by Crippen LogP contribution is -2.10. The topological polar surface area (TPSA) is 20.2 Å². The molecule has 0 heterocycles. The van der Waals surface area contributed by atoms with E-state index in [2.05, 4.69) is 0 Å². The molecule has 2 fully saturated rings. The van der Waals surface area contributed by atoms with E-state index < -0.39 is 0 Å². The number of aliphatic hydroxyl groups is 1. The Balaban J connectivity index is 1.74. The maximum Gasteiger partial charge on any atom is 0.0571 e. The van der Waals surface area contributed by atoms with E-state index in [9.17, 15) is 5.11 Å². The molecule has 2 rings (SSSR count). The molecule has 0 aliphatic heterocycles. The fourth-order valence-corrected chi connectivity index (χ4v) is 2.93. The van der Waals surface area contributed by atoms with Crippen LogP contribution in [0.1, 0.15) is 64.2 Å². The first-order chi connectivity index (χ1) is 6.88. The Bertz CT molecular complexity index is 167. The molecule has 0 spiro atoms. The summed E-state index contributed by atoms with van der Waals surface area (Å²) >= 11 is 0. The Morgan fingerprint density at radius 2 is 1.29 bits per heavy atom. The Hall–Kier alpha value is -0.0400. The van der Waals surface area contributed by atoms with Crippen molar-refractivity contribution in [2.45, 2.75) is 70.3 Å². The first-order valence-corrected chi connectivity index (χ1v) is 6.56. The lowest BCUT2D eigenvalue weighted by Gasteiger charge is -2.11. The average Bonchev–Trinajstić information content (AvgIpc) is 2.92. The van der Waals surface area contributed by atoms with Crippen LogP contribution in [-0.2, 0) is 0 Å². The fourth-order valence-electron chi connectivity index (χ4n) is 2.93. The van der Waals surface area contributed by atoms with Crippen LogP contribution in [0.5, 0.6) is 0 Å². The summed E-state index contributed by atoms with van der Waals surface area (Å²) in [5, 5.41) is 9.90. The SMILES string of the molecule is O[C@@H]1CCCCCCCCC[C@@H]2C[C@@H]21. The van der Waals surface area contributed by atoms with E-state index in [1.54, 1.807) is 0 Å². The van der Waals surface area contributed by atoms with Crippen molar-refractivity contribution in [1.29, 1.82) is 0 Å². The molecular formula is C13H24O. The second kappa shape index (κ2) is 5.16. The lowest BCUT2D eigenvalue weighted by molar-refractivity contribution is 0.130. The zero-order chi connectivity index (χ0) is 9.80. The monoisotopic (exact) mass is 196 g/mol. The van der Waals surface area contributed by atoms with Crippen LogP contribution < -0.4 is 0 Å². The van der Waals surface area contributed by atoms with Crippen molar-refractivity contribution >= 4 is 0 Å². The van der Waals surface area contributed by atoms with Gasteiger partial charge in [0.05, 0.1) is 6.10 Å². The van der Waals surface area contributed by atoms with Crippen LogP contribution in [0, 0.1) is 11.8 Å². The maximum absolute atomic E-state index is 9.90. The molecule has 0 bridgehead atoms. The molecule has 0 aromatic rings. The summed E-state index contributed by atoms with van der Waals surface area (Å²) in [6.07, 6.45) is 13.5. The predicted octanol–water partition coefficient (Wildman–Crippen LogP) is 3.51. The van der Waals surface area contributed by atoms with Crippen LogP contribution in [0.3, 0.4) is 0 Å². The van der Waals surface area contributed by atoms with Gasteiger partial charge in [-0.05, 0) is 24.7 Å². The summed E-state index contributed by atoms with van der Waals surface area (Å²) < 4.78 is 0. The number of fused-ring (bicyclic) bond motifs is 1. The van der Waals surface area contributed by atoms with Crippen LogP contribution in [0.4, 0.5) is 0 Å². The molecular weight excluding hydrogens is 172 g/mol. The van der Waals surface area contributed by atoms with Crippen LogP contribution in [0.2, 0.25) is 0 Å². The normalized spacial score (nSPS) is 40.5. The van der Waals surface area contributed by atoms with Gasteiger partial charge < -0.3 is 5.11 Å². The number of aliphatic hydroxyl groups excluding tert-OH is 1. The van der Waals surface area contributed by atoms with Gasteiger partial charge in [-0.2, -0.15) is 0 Å². The molecule has 2 aliphatic carbocycles. The third-order valence-corrected chi connectivity index (χ3v) is 4.05. The quantitative estimate of drug-likeness (QED) is 0.628. The highest BCUT2D eigenvalue weighted by Crippen LogP contribution is 2.46. The second-order valence-electron chi connectivity index (χ2n) is 5.28. The fraction of sp³-hybridized carbons (Fsp3) is 1.00. The molecule has 2 aliphatic rings. The van der Waals surface area contributed by atoms with Crippen molar-refractivity contribution in [3.8, 4) is 0 Å². The predicted molar refractivity (Wildman–Crippen MR) is 59.2 cm³/mol. The maximum atomic E-state index is 9.90. The lowest BCUT2D eigenvalue weighted by atomic mass is 10.00. The van der Waals surface area contributed by atoms with Crippen molar-refractivity contribution in [3.63, 3.8) is 0 Å². The molecule has 14 heavy (non-hydrogen) atoms. The summed E-state index contributed by atoms with van der Waals surface area (Å²) in [6, 6.07) is 0. The van der Waals surface area contributed by atoms with E-state index in [-0.39, 0.29) is 6.10 Å².